The fourth-order valence-corrected chi connectivity index (χ4v) is 3.67. The Morgan fingerprint density at radius 3 is 2.74 bits per heavy atom. The molecule has 1 heterocycles. The first-order valence-corrected chi connectivity index (χ1v) is 8.74. The maximum absolute atomic E-state index is 5.94. The molecule has 23 heavy (non-hydrogen) atoms. The van der Waals surface area contributed by atoms with Crippen LogP contribution in [0.2, 0.25) is 0 Å². The molecule has 6 nitrogen and oxygen atoms in total. The van der Waals surface area contributed by atoms with Gasteiger partial charge in [-0.1, -0.05) is 13.8 Å². The largest absolute Gasteiger partial charge is 0.378 e. The molecule has 1 aromatic rings. The Bertz CT molecular complexity index is 481. The standard InChI is InChI=1S/C17H31N5O/c1-5-17(6-2)14(12-15(17)23-7-3)21-16(18-4)20-9-11-22-10-8-19-13-22/h8,10,13-15H,5-7,9,11-12H2,1-4H3,(H2,18,20,21). The van der Waals surface area contributed by atoms with Crippen molar-refractivity contribution in [1.29, 1.82) is 0 Å². The number of hydrogen-bond donors (Lipinski definition) is 2. The third-order valence-electron chi connectivity index (χ3n) is 5.23. The fourth-order valence-electron chi connectivity index (χ4n) is 3.67. The summed E-state index contributed by atoms with van der Waals surface area (Å²) in [7, 11) is 1.82. The zero-order valence-electron chi connectivity index (χ0n) is 14.9. The van der Waals surface area contributed by atoms with Crippen molar-refractivity contribution in [2.24, 2.45) is 10.4 Å². The molecule has 0 amide bonds. The van der Waals surface area contributed by atoms with Crippen molar-refractivity contribution in [3.8, 4) is 0 Å². The van der Waals surface area contributed by atoms with Crippen LogP contribution in [0.15, 0.2) is 23.7 Å². The van der Waals surface area contributed by atoms with Crippen LogP contribution in [0.25, 0.3) is 0 Å². The highest BCUT2D eigenvalue weighted by Gasteiger charge is 2.53. The van der Waals surface area contributed by atoms with Crippen LogP contribution in [0.4, 0.5) is 0 Å². The van der Waals surface area contributed by atoms with Gasteiger partial charge in [0.2, 0.25) is 0 Å². The van der Waals surface area contributed by atoms with Gasteiger partial charge < -0.3 is 19.9 Å². The van der Waals surface area contributed by atoms with E-state index in [4.69, 9.17) is 4.74 Å². The number of hydrogen-bond acceptors (Lipinski definition) is 3. The minimum atomic E-state index is 0.220. The van der Waals surface area contributed by atoms with Crippen molar-refractivity contribution in [2.75, 3.05) is 20.2 Å². The summed E-state index contributed by atoms with van der Waals surface area (Å²) in [6, 6.07) is 0.425. The molecule has 1 aromatic heterocycles. The molecule has 0 bridgehead atoms. The number of ether oxygens (including phenoxy) is 1. The van der Waals surface area contributed by atoms with Gasteiger partial charge in [-0.05, 0) is 26.2 Å². The van der Waals surface area contributed by atoms with Crippen molar-refractivity contribution in [1.82, 2.24) is 20.2 Å². The van der Waals surface area contributed by atoms with Gasteiger partial charge in [0.25, 0.3) is 0 Å². The molecular formula is C17H31N5O. The second kappa shape index (κ2) is 8.34. The monoisotopic (exact) mass is 321 g/mol. The quantitative estimate of drug-likeness (QED) is 0.568. The Kier molecular flexibility index (Phi) is 6.45. The smallest absolute Gasteiger partial charge is 0.191 e. The van der Waals surface area contributed by atoms with E-state index in [1.807, 2.05) is 19.6 Å². The highest BCUT2D eigenvalue weighted by atomic mass is 16.5. The molecular weight excluding hydrogens is 290 g/mol. The van der Waals surface area contributed by atoms with E-state index in [1.54, 1.807) is 6.20 Å². The molecule has 1 fully saturated rings. The summed E-state index contributed by atoms with van der Waals surface area (Å²) in [6.07, 6.45) is 9.26. The molecule has 0 saturated heterocycles. The third kappa shape index (κ3) is 3.86. The van der Waals surface area contributed by atoms with E-state index >= 15 is 0 Å². The zero-order chi connectivity index (χ0) is 16.7. The van der Waals surface area contributed by atoms with Gasteiger partial charge in [0.05, 0.1) is 12.4 Å². The van der Waals surface area contributed by atoms with E-state index in [-0.39, 0.29) is 5.41 Å². The number of aromatic nitrogens is 2. The van der Waals surface area contributed by atoms with Gasteiger partial charge in [0.1, 0.15) is 0 Å². The number of aliphatic imine (C=N–C) groups is 1. The second-order valence-corrected chi connectivity index (χ2v) is 6.12. The summed E-state index contributed by atoms with van der Waals surface area (Å²) in [5, 5.41) is 6.99. The first kappa shape index (κ1) is 17.8. The van der Waals surface area contributed by atoms with Crippen LogP contribution in [0.1, 0.15) is 40.0 Å². The normalized spacial score (nSPS) is 23.4. The molecule has 1 aliphatic carbocycles. The predicted octanol–water partition coefficient (Wildman–Crippen LogP) is 2.03. The molecule has 2 atom stereocenters. The summed E-state index contributed by atoms with van der Waals surface area (Å²) in [5.74, 6) is 0.872. The fraction of sp³-hybridized carbons (Fsp3) is 0.765. The first-order chi connectivity index (χ1) is 11.2. The van der Waals surface area contributed by atoms with E-state index in [0.717, 1.165) is 44.9 Å². The van der Waals surface area contributed by atoms with Gasteiger partial charge in [0.15, 0.2) is 5.96 Å². The van der Waals surface area contributed by atoms with Crippen molar-refractivity contribution < 1.29 is 4.74 Å². The molecule has 0 aliphatic heterocycles. The van der Waals surface area contributed by atoms with Crippen LogP contribution in [0.3, 0.4) is 0 Å². The van der Waals surface area contributed by atoms with Gasteiger partial charge in [-0.2, -0.15) is 0 Å². The van der Waals surface area contributed by atoms with Crippen LogP contribution in [0, 0.1) is 5.41 Å². The zero-order valence-corrected chi connectivity index (χ0v) is 14.9. The lowest BCUT2D eigenvalue weighted by molar-refractivity contribution is -0.133. The first-order valence-electron chi connectivity index (χ1n) is 8.74. The minimum Gasteiger partial charge on any atom is -0.378 e. The predicted molar refractivity (Wildman–Crippen MR) is 93.6 cm³/mol. The van der Waals surface area contributed by atoms with Gasteiger partial charge in [-0.3, -0.25) is 4.99 Å². The molecule has 2 N–H and O–H groups in total. The van der Waals surface area contributed by atoms with E-state index in [9.17, 15) is 0 Å². The molecule has 130 valence electrons. The summed E-state index contributed by atoms with van der Waals surface area (Å²) in [4.78, 5) is 8.42. The SMILES string of the molecule is CCOC1CC(NC(=NC)NCCn2ccnc2)C1(CC)CC. The molecule has 6 heteroatoms. The van der Waals surface area contributed by atoms with Crippen LogP contribution < -0.4 is 10.6 Å². The maximum Gasteiger partial charge on any atom is 0.191 e. The number of imidazole rings is 1. The van der Waals surface area contributed by atoms with Crippen LogP contribution in [0.5, 0.6) is 0 Å². The van der Waals surface area contributed by atoms with Crippen molar-refractivity contribution >= 4 is 5.96 Å². The molecule has 1 saturated carbocycles. The van der Waals surface area contributed by atoms with Crippen molar-refractivity contribution in [3.05, 3.63) is 18.7 Å². The lowest BCUT2D eigenvalue weighted by Gasteiger charge is -2.55. The summed E-state index contributed by atoms with van der Waals surface area (Å²) in [6.45, 7) is 9.09. The van der Waals surface area contributed by atoms with E-state index in [1.165, 1.54) is 0 Å². The van der Waals surface area contributed by atoms with Crippen LogP contribution in [-0.4, -0.2) is 47.9 Å². The number of guanidine groups is 1. The molecule has 2 rings (SSSR count). The van der Waals surface area contributed by atoms with Crippen LogP contribution in [-0.2, 0) is 11.3 Å². The minimum absolute atomic E-state index is 0.220. The van der Waals surface area contributed by atoms with E-state index in [2.05, 4.69) is 45.9 Å². The highest BCUT2D eigenvalue weighted by Crippen LogP contribution is 2.48. The van der Waals surface area contributed by atoms with Gasteiger partial charge in [0, 0.05) is 50.6 Å². The lowest BCUT2D eigenvalue weighted by Crippen LogP contribution is -2.65. The Morgan fingerprint density at radius 1 is 1.39 bits per heavy atom. The lowest BCUT2D eigenvalue weighted by atomic mass is 9.58. The second-order valence-electron chi connectivity index (χ2n) is 6.12. The molecule has 0 aromatic carbocycles. The average Bonchev–Trinajstić information content (AvgIpc) is 3.07. The summed E-state index contributed by atoms with van der Waals surface area (Å²) in [5.41, 5.74) is 0.220. The molecule has 2 unspecified atom stereocenters. The Labute approximate surface area is 139 Å². The Morgan fingerprint density at radius 2 is 2.17 bits per heavy atom. The molecule has 0 spiro atoms. The summed E-state index contributed by atoms with van der Waals surface area (Å²) < 4.78 is 7.99. The average molecular weight is 321 g/mol. The molecule has 1 aliphatic rings. The topological polar surface area (TPSA) is 63.5 Å². The third-order valence-corrected chi connectivity index (χ3v) is 5.23. The van der Waals surface area contributed by atoms with Gasteiger partial charge >= 0.3 is 0 Å². The Hall–Kier alpha value is -1.56. The maximum atomic E-state index is 5.94. The van der Waals surface area contributed by atoms with E-state index < -0.39 is 0 Å². The van der Waals surface area contributed by atoms with Crippen LogP contribution >= 0.6 is 0 Å². The van der Waals surface area contributed by atoms with Crippen molar-refractivity contribution in [3.63, 3.8) is 0 Å². The highest BCUT2D eigenvalue weighted by molar-refractivity contribution is 5.80. The van der Waals surface area contributed by atoms with Gasteiger partial charge in [-0.25, -0.2) is 4.98 Å². The van der Waals surface area contributed by atoms with Crippen molar-refractivity contribution in [2.45, 2.75) is 58.7 Å². The Balaban J connectivity index is 1.86. The molecule has 0 radical (unpaired) electrons. The number of nitrogens with zero attached hydrogens (tertiary/aromatic N) is 3. The van der Waals surface area contributed by atoms with Gasteiger partial charge in [-0.15, -0.1) is 0 Å². The van der Waals surface area contributed by atoms with E-state index in [0.29, 0.717) is 12.1 Å². The number of nitrogens with one attached hydrogen (secondary N) is 2. The number of rotatable bonds is 8. The summed E-state index contributed by atoms with van der Waals surface area (Å²) >= 11 is 0.